The fraction of sp³-hybridized carbons (Fsp3) is 0.176. The zero-order valence-electron chi connectivity index (χ0n) is 12.1. The van der Waals surface area contributed by atoms with E-state index in [0.717, 1.165) is 17.5 Å². The first kappa shape index (κ1) is 14.3. The quantitative estimate of drug-likeness (QED) is 0.798. The summed E-state index contributed by atoms with van der Waals surface area (Å²) in [6.07, 6.45) is 1.35. The highest BCUT2D eigenvalue weighted by Crippen LogP contribution is 2.19. The number of hydrogen-bond acceptors (Lipinski definition) is 4. The summed E-state index contributed by atoms with van der Waals surface area (Å²) in [6.45, 7) is 1.70. The van der Waals surface area contributed by atoms with E-state index >= 15 is 0 Å². The molecule has 0 amide bonds. The van der Waals surface area contributed by atoms with Gasteiger partial charge in [0.2, 0.25) is 11.7 Å². The van der Waals surface area contributed by atoms with E-state index in [9.17, 15) is 9.50 Å². The lowest BCUT2D eigenvalue weighted by Crippen LogP contribution is -1.91. The molecule has 0 unspecified atom stereocenters. The standard InChI is InChI=1S/C17H15FN2O2/c1-11-10-13(5-8-15(11)18)17-19-16(22-20-17)9-4-12-2-6-14(21)7-3-12/h2-3,5-8,10,21H,4,9H2,1H3. The lowest BCUT2D eigenvalue weighted by molar-refractivity contribution is 0.379. The summed E-state index contributed by atoms with van der Waals surface area (Å²) < 4.78 is 18.5. The number of hydrogen-bond donors (Lipinski definition) is 1. The molecule has 0 saturated heterocycles. The molecule has 3 aromatic rings. The number of rotatable bonds is 4. The molecule has 0 aliphatic rings. The van der Waals surface area contributed by atoms with Gasteiger partial charge in [-0.05, 0) is 54.8 Å². The second-order valence-corrected chi connectivity index (χ2v) is 5.14. The molecular formula is C17H15FN2O2. The first-order valence-electron chi connectivity index (χ1n) is 6.99. The lowest BCUT2D eigenvalue weighted by atomic mass is 10.1. The number of aromatic nitrogens is 2. The van der Waals surface area contributed by atoms with Crippen LogP contribution in [0.4, 0.5) is 4.39 Å². The second-order valence-electron chi connectivity index (χ2n) is 5.14. The third-order valence-corrected chi connectivity index (χ3v) is 3.45. The monoisotopic (exact) mass is 298 g/mol. The first-order valence-corrected chi connectivity index (χ1v) is 6.99. The maximum atomic E-state index is 13.3. The molecule has 0 spiro atoms. The van der Waals surface area contributed by atoms with Crippen LogP contribution in [-0.2, 0) is 12.8 Å². The van der Waals surface area contributed by atoms with E-state index in [1.54, 1.807) is 31.2 Å². The molecule has 0 saturated carbocycles. The topological polar surface area (TPSA) is 59.2 Å². The Morgan fingerprint density at radius 1 is 1.09 bits per heavy atom. The smallest absolute Gasteiger partial charge is 0.227 e. The highest BCUT2D eigenvalue weighted by Gasteiger charge is 2.10. The molecule has 1 aromatic heterocycles. The lowest BCUT2D eigenvalue weighted by Gasteiger charge is -1.99. The molecule has 5 heteroatoms. The summed E-state index contributed by atoms with van der Waals surface area (Å²) in [4.78, 5) is 4.33. The number of halogens is 1. The predicted molar refractivity (Wildman–Crippen MR) is 79.9 cm³/mol. The van der Waals surface area contributed by atoms with Gasteiger partial charge in [-0.15, -0.1) is 0 Å². The van der Waals surface area contributed by atoms with Gasteiger partial charge in [-0.2, -0.15) is 4.98 Å². The van der Waals surface area contributed by atoms with E-state index in [4.69, 9.17) is 4.52 Å². The Balaban J connectivity index is 1.70. The minimum atomic E-state index is -0.250. The summed E-state index contributed by atoms with van der Waals surface area (Å²) in [5.41, 5.74) is 2.36. The highest BCUT2D eigenvalue weighted by atomic mass is 19.1. The second kappa shape index (κ2) is 5.97. The number of phenols is 1. The fourth-order valence-electron chi connectivity index (χ4n) is 2.17. The van der Waals surface area contributed by atoms with Crippen molar-refractivity contribution in [3.8, 4) is 17.1 Å². The van der Waals surface area contributed by atoms with E-state index in [1.807, 2.05) is 12.1 Å². The van der Waals surface area contributed by atoms with Crippen LogP contribution in [0, 0.1) is 12.7 Å². The molecule has 0 bridgehead atoms. The van der Waals surface area contributed by atoms with Crippen LogP contribution in [0.2, 0.25) is 0 Å². The zero-order chi connectivity index (χ0) is 15.5. The molecular weight excluding hydrogens is 283 g/mol. The van der Waals surface area contributed by atoms with Gasteiger partial charge in [-0.3, -0.25) is 0 Å². The van der Waals surface area contributed by atoms with Crippen molar-refractivity contribution in [2.45, 2.75) is 19.8 Å². The van der Waals surface area contributed by atoms with Crippen molar-refractivity contribution < 1.29 is 14.0 Å². The molecule has 1 N–H and O–H groups in total. The van der Waals surface area contributed by atoms with Crippen LogP contribution in [-0.4, -0.2) is 15.2 Å². The van der Waals surface area contributed by atoms with Crippen LogP contribution in [0.5, 0.6) is 5.75 Å². The van der Waals surface area contributed by atoms with Crippen LogP contribution in [0.1, 0.15) is 17.0 Å². The van der Waals surface area contributed by atoms with Crippen molar-refractivity contribution in [2.75, 3.05) is 0 Å². The number of benzene rings is 2. The van der Waals surface area contributed by atoms with Crippen molar-refractivity contribution >= 4 is 0 Å². The minimum Gasteiger partial charge on any atom is -0.508 e. The Labute approximate surface area is 127 Å². The molecule has 0 radical (unpaired) electrons. The van der Waals surface area contributed by atoms with Gasteiger partial charge in [-0.25, -0.2) is 4.39 Å². The van der Waals surface area contributed by atoms with Gasteiger partial charge >= 0.3 is 0 Å². The van der Waals surface area contributed by atoms with Crippen molar-refractivity contribution in [1.29, 1.82) is 0 Å². The van der Waals surface area contributed by atoms with Crippen LogP contribution in [0.25, 0.3) is 11.4 Å². The van der Waals surface area contributed by atoms with E-state index in [0.29, 0.717) is 23.7 Å². The first-order chi connectivity index (χ1) is 10.6. The summed E-state index contributed by atoms with van der Waals surface area (Å²) in [5.74, 6) is 0.990. The van der Waals surface area contributed by atoms with Crippen molar-refractivity contribution in [2.24, 2.45) is 0 Å². The maximum Gasteiger partial charge on any atom is 0.227 e. The van der Waals surface area contributed by atoms with Gasteiger partial charge in [0.15, 0.2) is 0 Å². The van der Waals surface area contributed by atoms with Crippen LogP contribution < -0.4 is 0 Å². The molecule has 22 heavy (non-hydrogen) atoms. The Bertz CT molecular complexity index is 782. The summed E-state index contributed by atoms with van der Waals surface area (Å²) >= 11 is 0. The molecule has 0 aliphatic heterocycles. The largest absolute Gasteiger partial charge is 0.508 e. The van der Waals surface area contributed by atoms with Crippen LogP contribution >= 0.6 is 0 Å². The Kier molecular flexibility index (Phi) is 3.87. The molecule has 2 aromatic carbocycles. The van der Waals surface area contributed by atoms with Gasteiger partial charge in [0.25, 0.3) is 0 Å². The average Bonchev–Trinajstić information content (AvgIpc) is 2.98. The van der Waals surface area contributed by atoms with Gasteiger partial charge in [0.05, 0.1) is 0 Å². The predicted octanol–water partition coefficient (Wildman–Crippen LogP) is 3.67. The fourth-order valence-corrected chi connectivity index (χ4v) is 2.17. The number of aryl methyl sites for hydroxylation is 3. The van der Waals surface area contributed by atoms with Gasteiger partial charge in [0.1, 0.15) is 11.6 Å². The van der Waals surface area contributed by atoms with Gasteiger partial charge in [0, 0.05) is 12.0 Å². The van der Waals surface area contributed by atoms with E-state index in [-0.39, 0.29) is 11.6 Å². The molecule has 3 rings (SSSR count). The number of nitrogens with zero attached hydrogens (tertiary/aromatic N) is 2. The molecule has 4 nitrogen and oxygen atoms in total. The normalized spacial score (nSPS) is 10.8. The van der Waals surface area contributed by atoms with Crippen molar-refractivity contribution in [3.05, 3.63) is 65.3 Å². The average molecular weight is 298 g/mol. The third kappa shape index (κ3) is 3.14. The molecule has 0 aliphatic carbocycles. The van der Waals surface area contributed by atoms with Crippen LogP contribution in [0.15, 0.2) is 47.0 Å². The number of phenolic OH excluding ortho intramolecular Hbond substituents is 1. The van der Waals surface area contributed by atoms with E-state index in [1.165, 1.54) is 6.07 Å². The van der Waals surface area contributed by atoms with Crippen molar-refractivity contribution in [3.63, 3.8) is 0 Å². The SMILES string of the molecule is Cc1cc(-c2noc(CCc3ccc(O)cc3)n2)ccc1F. The molecule has 112 valence electrons. The Morgan fingerprint density at radius 3 is 2.59 bits per heavy atom. The zero-order valence-corrected chi connectivity index (χ0v) is 12.1. The van der Waals surface area contributed by atoms with Gasteiger partial charge in [-0.1, -0.05) is 17.3 Å². The highest BCUT2D eigenvalue weighted by molar-refractivity contribution is 5.55. The van der Waals surface area contributed by atoms with E-state index in [2.05, 4.69) is 10.1 Å². The summed E-state index contributed by atoms with van der Waals surface area (Å²) in [7, 11) is 0. The van der Waals surface area contributed by atoms with Gasteiger partial charge < -0.3 is 9.63 Å². The maximum absolute atomic E-state index is 13.3. The molecule has 0 fully saturated rings. The minimum absolute atomic E-state index is 0.246. The van der Waals surface area contributed by atoms with Crippen molar-refractivity contribution in [1.82, 2.24) is 10.1 Å². The van der Waals surface area contributed by atoms with Crippen LogP contribution in [0.3, 0.4) is 0 Å². The molecule has 1 heterocycles. The Hall–Kier alpha value is -2.69. The summed E-state index contributed by atoms with van der Waals surface area (Å²) in [5, 5.41) is 13.2. The number of aromatic hydroxyl groups is 1. The summed E-state index contributed by atoms with van der Waals surface area (Å²) in [6, 6.07) is 11.7. The van der Waals surface area contributed by atoms with E-state index < -0.39 is 0 Å². The Morgan fingerprint density at radius 2 is 1.86 bits per heavy atom. The molecule has 0 atom stereocenters. The third-order valence-electron chi connectivity index (χ3n) is 3.45.